The van der Waals surface area contributed by atoms with Gasteiger partial charge in [0, 0.05) is 37.3 Å². The highest BCUT2D eigenvalue weighted by atomic mass is 16.2. The molecule has 0 radical (unpaired) electrons. The van der Waals surface area contributed by atoms with Gasteiger partial charge in [-0.25, -0.2) is 14.8 Å². The number of aromatic nitrogens is 2. The van der Waals surface area contributed by atoms with Crippen LogP contribution in [-0.2, 0) is 0 Å². The molecule has 0 bridgehead atoms. The highest BCUT2D eigenvalue weighted by molar-refractivity contribution is 5.97. The fourth-order valence-corrected chi connectivity index (χ4v) is 3.06. The van der Waals surface area contributed by atoms with E-state index >= 15 is 0 Å². The Morgan fingerprint density at radius 1 is 0.926 bits per heavy atom. The van der Waals surface area contributed by atoms with Crippen LogP contribution in [0.15, 0.2) is 18.2 Å². The minimum absolute atomic E-state index is 0.0344. The van der Waals surface area contributed by atoms with Gasteiger partial charge in [0.25, 0.3) is 5.91 Å². The van der Waals surface area contributed by atoms with Crippen molar-refractivity contribution >= 4 is 23.0 Å². The molecule has 144 valence electrons. The molecule has 1 aromatic carbocycles. The van der Waals surface area contributed by atoms with Gasteiger partial charge in [0.15, 0.2) is 0 Å². The third-order valence-electron chi connectivity index (χ3n) is 4.66. The van der Waals surface area contributed by atoms with Crippen LogP contribution in [0.3, 0.4) is 0 Å². The Balaban J connectivity index is 1.68. The van der Waals surface area contributed by atoms with Crippen molar-refractivity contribution in [3.8, 4) is 0 Å². The maximum Gasteiger partial charge on any atom is 0.317 e. The van der Waals surface area contributed by atoms with Gasteiger partial charge in [-0.3, -0.25) is 4.79 Å². The van der Waals surface area contributed by atoms with Crippen molar-refractivity contribution in [1.82, 2.24) is 25.1 Å². The average Bonchev–Trinajstić information content (AvgIpc) is 2.60. The molecular weight excluding hydrogens is 342 g/mol. The molecule has 0 aliphatic carbocycles. The molecule has 0 unspecified atom stereocenters. The van der Waals surface area contributed by atoms with Gasteiger partial charge in [0.2, 0.25) is 0 Å². The van der Waals surface area contributed by atoms with Gasteiger partial charge in [-0.15, -0.1) is 0 Å². The number of benzene rings is 1. The summed E-state index contributed by atoms with van der Waals surface area (Å²) in [5.41, 5.74) is 3.61. The fourth-order valence-electron chi connectivity index (χ4n) is 3.06. The molecule has 1 saturated heterocycles. The molecular formula is C20H27N5O2. The van der Waals surface area contributed by atoms with Gasteiger partial charge in [-0.2, -0.15) is 0 Å². The molecule has 1 aliphatic heterocycles. The molecule has 2 heterocycles. The van der Waals surface area contributed by atoms with Gasteiger partial charge in [-0.05, 0) is 52.8 Å². The first-order valence-electron chi connectivity index (χ1n) is 9.25. The summed E-state index contributed by atoms with van der Waals surface area (Å²) in [5, 5.41) is 2.96. The maximum atomic E-state index is 12.9. The van der Waals surface area contributed by atoms with Crippen LogP contribution >= 0.6 is 0 Å². The second-order valence-electron chi connectivity index (χ2n) is 8.06. The normalized spacial score (nSPS) is 15.1. The van der Waals surface area contributed by atoms with Crippen molar-refractivity contribution in [1.29, 1.82) is 0 Å². The number of aryl methyl sites for hydroxylation is 2. The quantitative estimate of drug-likeness (QED) is 0.838. The van der Waals surface area contributed by atoms with Gasteiger partial charge >= 0.3 is 6.03 Å². The topological polar surface area (TPSA) is 78.4 Å². The van der Waals surface area contributed by atoms with Crippen molar-refractivity contribution in [2.45, 2.75) is 40.2 Å². The predicted molar refractivity (Wildman–Crippen MR) is 105 cm³/mol. The molecule has 7 heteroatoms. The summed E-state index contributed by atoms with van der Waals surface area (Å²) in [6.07, 6.45) is 0. The number of nitrogens with one attached hydrogen (secondary N) is 1. The Bertz CT molecular complexity index is 880. The lowest BCUT2D eigenvalue weighted by Crippen LogP contribution is -2.56. The Kier molecular flexibility index (Phi) is 5.04. The number of piperazine rings is 1. The first-order chi connectivity index (χ1) is 12.6. The number of amides is 3. The van der Waals surface area contributed by atoms with Crippen LogP contribution in [0.1, 0.15) is 42.5 Å². The Morgan fingerprint density at radius 3 is 2.07 bits per heavy atom. The number of carbonyl (C=O) groups is 2. The van der Waals surface area contributed by atoms with Crippen LogP contribution in [0.2, 0.25) is 0 Å². The highest BCUT2D eigenvalue weighted by Crippen LogP contribution is 2.17. The first-order valence-corrected chi connectivity index (χ1v) is 9.25. The van der Waals surface area contributed by atoms with Gasteiger partial charge < -0.3 is 15.1 Å². The molecule has 0 saturated carbocycles. The second kappa shape index (κ2) is 7.13. The third-order valence-corrected chi connectivity index (χ3v) is 4.66. The Hall–Kier alpha value is -2.70. The summed E-state index contributed by atoms with van der Waals surface area (Å²) in [5.74, 6) is -0.0344. The first kappa shape index (κ1) is 19.1. The maximum absolute atomic E-state index is 12.9. The zero-order valence-electron chi connectivity index (χ0n) is 16.7. The van der Waals surface area contributed by atoms with Crippen LogP contribution in [0.5, 0.6) is 0 Å². The lowest BCUT2D eigenvalue weighted by atomic mass is 10.1. The lowest BCUT2D eigenvalue weighted by molar-refractivity contribution is 0.0661. The molecule has 1 aliphatic rings. The molecule has 7 nitrogen and oxygen atoms in total. The van der Waals surface area contributed by atoms with E-state index in [1.165, 1.54) is 0 Å². The third kappa shape index (κ3) is 4.35. The average molecular weight is 369 g/mol. The zero-order chi connectivity index (χ0) is 19.8. The van der Waals surface area contributed by atoms with Crippen molar-refractivity contribution < 1.29 is 9.59 Å². The minimum atomic E-state index is -0.271. The van der Waals surface area contributed by atoms with E-state index in [2.05, 4.69) is 15.3 Å². The van der Waals surface area contributed by atoms with E-state index in [4.69, 9.17) is 0 Å². The van der Waals surface area contributed by atoms with Gasteiger partial charge in [-0.1, -0.05) is 0 Å². The molecule has 0 atom stereocenters. The van der Waals surface area contributed by atoms with E-state index in [9.17, 15) is 9.59 Å². The second-order valence-corrected chi connectivity index (χ2v) is 8.06. The van der Waals surface area contributed by atoms with Crippen LogP contribution in [-0.4, -0.2) is 63.4 Å². The van der Waals surface area contributed by atoms with E-state index in [0.717, 1.165) is 22.4 Å². The van der Waals surface area contributed by atoms with Crippen LogP contribution in [0, 0.1) is 13.8 Å². The smallest absolute Gasteiger partial charge is 0.317 e. The molecule has 27 heavy (non-hydrogen) atoms. The Labute approximate surface area is 159 Å². The number of urea groups is 1. The summed E-state index contributed by atoms with van der Waals surface area (Å²) in [4.78, 5) is 37.7. The molecule has 1 fully saturated rings. The fraction of sp³-hybridized carbons (Fsp3) is 0.500. The van der Waals surface area contributed by atoms with Crippen molar-refractivity contribution in [3.63, 3.8) is 0 Å². The lowest BCUT2D eigenvalue weighted by Gasteiger charge is -2.36. The molecule has 3 rings (SSSR count). The van der Waals surface area contributed by atoms with E-state index in [0.29, 0.717) is 31.7 Å². The van der Waals surface area contributed by atoms with E-state index in [1.54, 1.807) is 21.9 Å². The summed E-state index contributed by atoms with van der Waals surface area (Å²) in [7, 11) is 0. The number of nitrogens with zero attached hydrogens (tertiary/aromatic N) is 4. The van der Waals surface area contributed by atoms with Crippen LogP contribution in [0.25, 0.3) is 11.0 Å². The Morgan fingerprint density at radius 2 is 1.48 bits per heavy atom. The predicted octanol–water partition coefficient (Wildman–Crippen LogP) is 2.51. The SMILES string of the molecule is Cc1nc2ccc(C(=O)N3CCN(C(=O)NC(C)(C)C)CC3)cc2nc1C. The summed E-state index contributed by atoms with van der Waals surface area (Å²) < 4.78 is 0. The number of hydrogen-bond donors (Lipinski definition) is 1. The van der Waals surface area contributed by atoms with Crippen LogP contribution in [0.4, 0.5) is 4.79 Å². The highest BCUT2D eigenvalue weighted by Gasteiger charge is 2.26. The van der Waals surface area contributed by atoms with Crippen molar-refractivity contribution in [3.05, 3.63) is 35.2 Å². The van der Waals surface area contributed by atoms with Crippen LogP contribution < -0.4 is 5.32 Å². The molecule has 1 aromatic heterocycles. The number of hydrogen-bond acceptors (Lipinski definition) is 4. The molecule has 1 N–H and O–H groups in total. The number of fused-ring (bicyclic) bond motifs is 1. The number of rotatable bonds is 1. The van der Waals surface area contributed by atoms with Gasteiger partial charge in [0.05, 0.1) is 22.4 Å². The van der Waals surface area contributed by atoms with E-state index in [-0.39, 0.29) is 17.5 Å². The molecule has 0 spiro atoms. The van der Waals surface area contributed by atoms with Crippen molar-refractivity contribution in [2.75, 3.05) is 26.2 Å². The number of carbonyl (C=O) groups excluding carboxylic acids is 2. The van der Waals surface area contributed by atoms with Gasteiger partial charge in [0.1, 0.15) is 0 Å². The van der Waals surface area contributed by atoms with Crippen molar-refractivity contribution in [2.24, 2.45) is 0 Å². The monoisotopic (exact) mass is 369 g/mol. The standard InChI is InChI=1S/C20H27N5O2/c1-13-14(2)22-17-12-15(6-7-16(17)21-13)18(26)24-8-10-25(11-9-24)19(27)23-20(3,4)5/h6-7,12H,8-11H2,1-5H3,(H,23,27). The summed E-state index contributed by atoms with van der Waals surface area (Å²) in [6, 6.07) is 5.36. The zero-order valence-corrected chi connectivity index (χ0v) is 16.7. The largest absolute Gasteiger partial charge is 0.335 e. The summed E-state index contributed by atoms with van der Waals surface area (Å²) >= 11 is 0. The molecule has 3 amide bonds. The van der Waals surface area contributed by atoms with E-state index < -0.39 is 0 Å². The van der Waals surface area contributed by atoms with E-state index in [1.807, 2.05) is 40.7 Å². The molecule has 2 aromatic rings. The summed E-state index contributed by atoms with van der Waals surface area (Å²) in [6.45, 7) is 11.8. The minimum Gasteiger partial charge on any atom is -0.335 e.